The Balaban J connectivity index is 3.62. The molecule has 0 radical (unpaired) electrons. The van der Waals surface area contributed by atoms with Crippen molar-refractivity contribution in [2.75, 3.05) is 6.61 Å². The second kappa shape index (κ2) is 23.6. The number of ether oxygens (including phenoxy) is 1. The van der Waals surface area contributed by atoms with E-state index in [4.69, 9.17) is 4.74 Å². The van der Waals surface area contributed by atoms with Gasteiger partial charge in [-0.05, 0) is 91.6 Å². The van der Waals surface area contributed by atoms with Crippen LogP contribution in [0, 0.1) is 0 Å². The Labute approximate surface area is 206 Å². The molecule has 2 nitrogen and oxygen atoms in total. The summed E-state index contributed by atoms with van der Waals surface area (Å²) in [5.41, 5.74) is 4.15. The Morgan fingerprint density at radius 1 is 0.606 bits per heavy atom. The minimum atomic E-state index is -0.0555. The lowest BCUT2D eigenvalue weighted by molar-refractivity contribution is -0.142. The van der Waals surface area contributed by atoms with E-state index < -0.39 is 0 Å². The zero-order valence-electron chi connectivity index (χ0n) is 22.7. The highest BCUT2D eigenvalue weighted by Crippen LogP contribution is 2.12. The first-order valence-electron chi connectivity index (χ1n) is 13.7. The second-order valence-electron chi connectivity index (χ2n) is 9.77. The number of carbonyl (C=O) groups excluding carboxylic acids is 1. The third-order valence-corrected chi connectivity index (χ3v) is 5.94. The molecule has 0 aliphatic carbocycles. The average Bonchev–Trinajstić information content (AvgIpc) is 2.76. The van der Waals surface area contributed by atoms with Gasteiger partial charge in [0.05, 0.1) is 0 Å². The van der Waals surface area contributed by atoms with Gasteiger partial charge < -0.3 is 4.74 Å². The highest BCUT2D eigenvalue weighted by molar-refractivity contribution is 5.69. The molecule has 0 rings (SSSR count). The summed E-state index contributed by atoms with van der Waals surface area (Å²) < 4.78 is 5.38. The van der Waals surface area contributed by atoms with Crippen LogP contribution in [0.3, 0.4) is 0 Å². The van der Waals surface area contributed by atoms with E-state index in [1.54, 1.807) is 0 Å². The molecule has 0 aliphatic rings. The smallest absolute Gasteiger partial charge is 0.306 e. The van der Waals surface area contributed by atoms with E-state index in [2.05, 4.69) is 65.0 Å². The molecule has 0 heterocycles. The van der Waals surface area contributed by atoms with Gasteiger partial charge in [0.15, 0.2) is 0 Å². The molecule has 0 atom stereocenters. The van der Waals surface area contributed by atoms with Crippen LogP contribution >= 0.6 is 0 Å². The van der Waals surface area contributed by atoms with Gasteiger partial charge in [-0.15, -0.1) is 0 Å². The van der Waals surface area contributed by atoms with Crippen LogP contribution in [-0.2, 0) is 9.53 Å². The van der Waals surface area contributed by atoms with E-state index in [0.29, 0.717) is 13.0 Å². The largest absolute Gasteiger partial charge is 0.461 e. The molecule has 0 aromatic carbocycles. The summed E-state index contributed by atoms with van der Waals surface area (Å²) in [4.78, 5) is 11.9. The lowest BCUT2D eigenvalue weighted by atomic mass is 10.1. The molecule has 0 aromatic heterocycles. The Kier molecular flexibility index (Phi) is 22.5. The molecular formula is C31H54O2. The summed E-state index contributed by atoms with van der Waals surface area (Å²) in [6.07, 6.45) is 30.0. The van der Waals surface area contributed by atoms with Crippen molar-refractivity contribution in [2.24, 2.45) is 0 Å². The minimum Gasteiger partial charge on any atom is -0.461 e. The quantitative estimate of drug-likeness (QED) is 0.0971. The standard InChI is InChI=1S/C31H54O2/c1-6-7-8-9-10-11-12-13-14-15-16-17-18-25-31(32)33-27-26-30(5)24-20-23-29(4)22-19-21-28(2)3/h11-12,21,23,26H,6-10,13-20,22,24-25,27H2,1-5H3/b12-11-,29-23?,30-26?. The average molecular weight is 459 g/mol. The first kappa shape index (κ1) is 31.4. The number of hydrogen-bond donors (Lipinski definition) is 0. The van der Waals surface area contributed by atoms with Crippen LogP contribution in [0.15, 0.2) is 47.1 Å². The van der Waals surface area contributed by atoms with Crippen molar-refractivity contribution in [2.45, 2.75) is 137 Å². The maximum Gasteiger partial charge on any atom is 0.306 e. The predicted octanol–water partition coefficient (Wildman–Crippen LogP) is 10.2. The molecule has 190 valence electrons. The first-order chi connectivity index (χ1) is 16.0. The van der Waals surface area contributed by atoms with Crippen LogP contribution in [0.1, 0.15) is 137 Å². The number of rotatable bonds is 21. The van der Waals surface area contributed by atoms with Crippen LogP contribution < -0.4 is 0 Å². The van der Waals surface area contributed by atoms with Gasteiger partial charge in [0.25, 0.3) is 0 Å². The SMILES string of the molecule is CCCCCC/C=C\CCCCCCCC(=O)OCC=C(C)CCC=C(C)CCC=C(C)C. The fourth-order valence-electron chi connectivity index (χ4n) is 3.67. The lowest BCUT2D eigenvalue weighted by Gasteiger charge is -2.04. The normalized spacial score (nSPS) is 12.4. The Morgan fingerprint density at radius 2 is 1.15 bits per heavy atom. The van der Waals surface area contributed by atoms with Gasteiger partial charge in [-0.2, -0.15) is 0 Å². The molecule has 0 N–H and O–H groups in total. The fourth-order valence-corrected chi connectivity index (χ4v) is 3.67. The van der Waals surface area contributed by atoms with E-state index in [0.717, 1.165) is 38.5 Å². The minimum absolute atomic E-state index is 0.0555. The highest BCUT2D eigenvalue weighted by atomic mass is 16.5. The lowest BCUT2D eigenvalue weighted by Crippen LogP contribution is -2.04. The van der Waals surface area contributed by atoms with Crippen LogP contribution in [0.2, 0.25) is 0 Å². The topological polar surface area (TPSA) is 26.3 Å². The summed E-state index contributed by atoms with van der Waals surface area (Å²) in [7, 11) is 0. The number of hydrogen-bond acceptors (Lipinski definition) is 2. The molecule has 0 aromatic rings. The number of allylic oxidation sites excluding steroid dienone is 7. The molecular weight excluding hydrogens is 404 g/mol. The van der Waals surface area contributed by atoms with Gasteiger partial charge in [0.1, 0.15) is 6.61 Å². The third-order valence-electron chi connectivity index (χ3n) is 5.94. The highest BCUT2D eigenvalue weighted by Gasteiger charge is 2.01. The summed E-state index contributed by atoms with van der Waals surface area (Å²) in [6.45, 7) is 11.3. The first-order valence-corrected chi connectivity index (χ1v) is 13.7. The van der Waals surface area contributed by atoms with Crippen molar-refractivity contribution < 1.29 is 9.53 Å². The summed E-state index contributed by atoms with van der Waals surface area (Å²) in [6, 6.07) is 0. The maximum atomic E-state index is 11.9. The summed E-state index contributed by atoms with van der Waals surface area (Å²) >= 11 is 0. The van der Waals surface area contributed by atoms with Gasteiger partial charge in [-0.1, -0.05) is 86.5 Å². The van der Waals surface area contributed by atoms with Gasteiger partial charge in [0, 0.05) is 6.42 Å². The third kappa shape index (κ3) is 24.9. The van der Waals surface area contributed by atoms with E-state index in [-0.39, 0.29) is 5.97 Å². The maximum absolute atomic E-state index is 11.9. The Hall–Kier alpha value is -1.57. The van der Waals surface area contributed by atoms with Crippen molar-refractivity contribution in [1.82, 2.24) is 0 Å². The zero-order chi connectivity index (χ0) is 24.6. The second-order valence-corrected chi connectivity index (χ2v) is 9.77. The van der Waals surface area contributed by atoms with Crippen LogP contribution in [0.5, 0.6) is 0 Å². The van der Waals surface area contributed by atoms with E-state index in [1.807, 2.05) is 0 Å². The van der Waals surface area contributed by atoms with Crippen molar-refractivity contribution in [3.05, 3.63) is 47.1 Å². The number of carbonyl (C=O) groups is 1. The van der Waals surface area contributed by atoms with E-state index in [1.165, 1.54) is 74.5 Å². The van der Waals surface area contributed by atoms with Crippen LogP contribution in [0.4, 0.5) is 0 Å². The molecule has 33 heavy (non-hydrogen) atoms. The van der Waals surface area contributed by atoms with E-state index >= 15 is 0 Å². The molecule has 0 saturated carbocycles. The Bertz CT molecular complexity index is 588. The van der Waals surface area contributed by atoms with Crippen molar-refractivity contribution in [3.8, 4) is 0 Å². The molecule has 0 fully saturated rings. The summed E-state index contributed by atoms with van der Waals surface area (Å²) in [5.74, 6) is -0.0555. The zero-order valence-corrected chi connectivity index (χ0v) is 22.7. The van der Waals surface area contributed by atoms with E-state index in [9.17, 15) is 4.79 Å². The number of esters is 1. The molecule has 2 heteroatoms. The molecule has 0 aliphatic heterocycles. The molecule has 0 amide bonds. The molecule has 0 unspecified atom stereocenters. The van der Waals surface area contributed by atoms with Crippen LogP contribution in [0.25, 0.3) is 0 Å². The number of unbranched alkanes of at least 4 members (excludes halogenated alkanes) is 9. The monoisotopic (exact) mass is 458 g/mol. The van der Waals surface area contributed by atoms with Gasteiger partial charge in [-0.3, -0.25) is 4.79 Å². The van der Waals surface area contributed by atoms with Gasteiger partial charge >= 0.3 is 5.97 Å². The van der Waals surface area contributed by atoms with Crippen molar-refractivity contribution in [1.29, 1.82) is 0 Å². The molecule has 0 bridgehead atoms. The molecule has 0 spiro atoms. The van der Waals surface area contributed by atoms with Crippen molar-refractivity contribution >= 4 is 5.97 Å². The van der Waals surface area contributed by atoms with Crippen molar-refractivity contribution in [3.63, 3.8) is 0 Å². The molecule has 0 saturated heterocycles. The fraction of sp³-hybridized carbons (Fsp3) is 0.710. The predicted molar refractivity (Wildman–Crippen MR) is 147 cm³/mol. The van der Waals surface area contributed by atoms with Gasteiger partial charge in [0.2, 0.25) is 0 Å². The van der Waals surface area contributed by atoms with Crippen LogP contribution in [-0.4, -0.2) is 12.6 Å². The Morgan fingerprint density at radius 3 is 1.79 bits per heavy atom. The summed E-state index contributed by atoms with van der Waals surface area (Å²) in [5, 5.41) is 0. The van der Waals surface area contributed by atoms with Gasteiger partial charge in [-0.25, -0.2) is 0 Å².